The van der Waals surface area contributed by atoms with Gasteiger partial charge in [-0.15, -0.1) is 0 Å². The van der Waals surface area contributed by atoms with Crippen LogP contribution in [0.15, 0.2) is 23.6 Å². The van der Waals surface area contributed by atoms with Crippen LogP contribution in [0.2, 0.25) is 0 Å². The number of hydrogen-bond donors (Lipinski definition) is 0. The second kappa shape index (κ2) is 3.99. The summed E-state index contributed by atoms with van der Waals surface area (Å²) in [6.07, 6.45) is 2.39. The molecule has 0 aliphatic carbocycles. The molecule has 0 N–H and O–H groups in total. The van der Waals surface area contributed by atoms with Crippen LogP contribution in [0.3, 0.4) is 0 Å². The van der Waals surface area contributed by atoms with Gasteiger partial charge in [0.1, 0.15) is 5.83 Å². The van der Waals surface area contributed by atoms with Crippen molar-refractivity contribution in [3.63, 3.8) is 0 Å². The van der Waals surface area contributed by atoms with Gasteiger partial charge in [-0.05, 0) is 38.5 Å². The molecule has 0 saturated carbocycles. The van der Waals surface area contributed by atoms with E-state index < -0.39 is 0 Å². The highest BCUT2D eigenvalue weighted by Gasteiger charge is 1.90. The predicted molar refractivity (Wildman–Crippen MR) is 39.3 cm³/mol. The van der Waals surface area contributed by atoms with Crippen molar-refractivity contribution in [3.05, 3.63) is 23.6 Å². The van der Waals surface area contributed by atoms with E-state index in [9.17, 15) is 9.18 Å². The summed E-state index contributed by atoms with van der Waals surface area (Å²) in [5.41, 5.74) is 0.581. The van der Waals surface area contributed by atoms with Gasteiger partial charge in [-0.3, -0.25) is 4.79 Å². The number of rotatable bonds is 2. The molecular weight excluding hydrogens is 131 g/mol. The van der Waals surface area contributed by atoms with E-state index in [0.717, 1.165) is 0 Å². The van der Waals surface area contributed by atoms with E-state index in [4.69, 9.17) is 0 Å². The molecule has 0 atom stereocenters. The van der Waals surface area contributed by atoms with Crippen molar-refractivity contribution in [1.82, 2.24) is 0 Å². The predicted octanol–water partition coefficient (Wildman–Crippen LogP) is 2.40. The Balaban J connectivity index is 4.16. The summed E-state index contributed by atoms with van der Waals surface area (Å²) >= 11 is 0. The van der Waals surface area contributed by atoms with Gasteiger partial charge < -0.3 is 0 Å². The number of ketones is 1. The minimum Gasteiger partial charge on any atom is -0.295 e. The Morgan fingerprint density at radius 1 is 1.20 bits per heavy atom. The lowest BCUT2D eigenvalue weighted by molar-refractivity contribution is -0.112. The molecule has 56 valence electrons. The molecule has 1 nitrogen and oxygen atoms in total. The van der Waals surface area contributed by atoms with E-state index >= 15 is 0 Å². The number of carbonyl (C=O) groups is 1. The summed E-state index contributed by atoms with van der Waals surface area (Å²) in [4.78, 5) is 10.3. The molecule has 2 heteroatoms. The highest BCUT2D eigenvalue weighted by atomic mass is 19.1. The number of halogens is 1. The molecule has 10 heavy (non-hydrogen) atoms. The van der Waals surface area contributed by atoms with Crippen LogP contribution < -0.4 is 0 Å². The Labute approximate surface area is 60.2 Å². The van der Waals surface area contributed by atoms with Gasteiger partial charge in [-0.2, -0.15) is 0 Å². The molecule has 0 fully saturated rings. The normalized spacial score (nSPS) is 10.0. The smallest absolute Gasteiger partial charge is 0.152 e. The van der Waals surface area contributed by atoms with Crippen molar-refractivity contribution in [1.29, 1.82) is 0 Å². The third-order valence-corrected chi connectivity index (χ3v) is 0.942. The van der Waals surface area contributed by atoms with Crippen molar-refractivity contribution in [2.24, 2.45) is 0 Å². The zero-order valence-corrected chi connectivity index (χ0v) is 6.44. The highest BCUT2D eigenvalue weighted by molar-refractivity contribution is 5.87. The van der Waals surface area contributed by atoms with E-state index in [0.29, 0.717) is 5.57 Å². The van der Waals surface area contributed by atoms with Crippen LogP contribution in [0.5, 0.6) is 0 Å². The van der Waals surface area contributed by atoms with Crippen LogP contribution in [0.4, 0.5) is 4.39 Å². The lowest BCUT2D eigenvalue weighted by Crippen LogP contribution is -1.80. The van der Waals surface area contributed by atoms with Gasteiger partial charge in [0.25, 0.3) is 0 Å². The van der Waals surface area contributed by atoms with E-state index in [2.05, 4.69) is 0 Å². The summed E-state index contributed by atoms with van der Waals surface area (Å²) in [6, 6.07) is 0. The molecular formula is C8H11FO. The van der Waals surface area contributed by atoms with E-state index in [1.165, 1.54) is 19.1 Å². The number of allylic oxidation sites excluding steroid dienone is 4. The second-order valence-corrected chi connectivity index (χ2v) is 2.29. The Hall–Kier alpha value is -0.920. The fourth-order valence-electron chi connectivity index (χ4n) is 0.357. The maximum Gasteiger partial charge on any atom is 0.152 e. The van der Waals surface area contributed by atoms with Crippen LogP contribution in [-0.2, 0) is 4.79 Å². The van der Waals surface area contributed by atoms with E-state index in [-0.39, 0.29) is 11.6 Å². The Bertz CT molecular complexity index is 185. The first-order chi connectivity index (χ1) is 4.54. The molecule has 0 aromatic rings. The van der Waals surface area contributed by atoms with Crippen LogP contribution in [-0.4, -0.2) is 5.78 Å². The Morgan fingerprint density at radius 3 is 2.00 bits per heavy atom. The maximum absolute atomic E-state index is 12.5. The largest absolute Gasteiger partial charge is 0.295 e. The first-order valence-corrected chi connectivity index (χ1v) is 3.05. The van der Waals surface area contributed by atoms with Crippen LogP contribution in [0.25, 0.3) is 0 Å². The summed E-state index contributed by atoms with van der Waals surface area (Å²) < 4.78 is 12.5. The zero-order chi connectivity index (χ0) is 8.15. The van der Waals surface area contributed by atoms with Crippen molar-refractivity contribution >= 4 is 5.78 Å². The summed E-state index contributed by atoms with van der Waals surface area (Å²) in [5, 5.41) is 0. The fraction of sp³-hybridized carbons (Fsp3) is 0.375. The standard InChI is InChI=1S/C8H11FO/c1-6(2)8(9)5-4-7(3)10/h4-5H,1-3H3/b5-4+. The molecule has 0 unspecified atom stereocenters. The third-order valence-electron chi connectivity index (χ3n) is 0.942. The summed E-state index contributed by atoms with van der Waals surface area (Å²) in [5.74, 6) is -0.480. The van der Waals surface area contributed by atoms with Crippen LogP contribution in [0.1, 0.15) is 20.8 Å². The lowest BCUT2D eigenvalue weighted by atomic mass is 10.3. The van der Waals surface area contributed by atoms with Gasteiger partial charge in [0, 0.05) is 0 Å². The van der Waals surface area contributed by atoms with Crippen molar-refractivity contribution in [3.8, 4) is 0 Å². The quantitative estimate of drug-likeness (QED) is 0.427. The third kappa shape index (κ3) is 4.01. The van der Waals surface area contributed by atoms with Crippen molar-refractivity contribution in [2.75, 3.05) is 0 Å². The molecule has 0 heterocycles. The zero-order valence-electron chi connectivity index (χ0n) is 6.44. The Morgan fingerprint density at radius 2 is 1.70 bits per heavy atom. The second-order valence-electron chi connectivity index (χ2n) is 2.29. The van der Waals surface area contributed by atoms with Crippen LogP contribution in [0, 0.1) is 0 Å². The van der Waals surface area contributed by atoms with Crippen LogP contribution >= 0.6 is 0 Å². The average Bonchev–Trinajstić information content (AvgIpc) is 1.82. The molecule has 0 aromatic heterocycles. The number of hydrogen-bond acceptors (Lipinski definition) is 1. The van der Waals surface area contributed by atoms with Gasteiger partial charge >= 0.3 is 0 Å². The number of carbonyl (C=O) groups excluding carboxylic acids is 1. The van der Waals surface area contributed by atoms with Crippen molar-refractivity contribution < 1.29 is 9.18 Å². The molecule has 0 amide bonds. The first-order valence-electron chi connectivity index (χ1n) is 3.05. The SMILES string of the molecule is CC(=O)/C=C/C(F)=C(C)C. The molecule has 0 aliphatic rings. The first kappa shape index (κ1) is 9.08. The van der Waals surface area contributed by atoms with Gasteiger partial charge in [0.15, 0.2) is 5.78 Å². The van der Waals surface area contributed by atoms with Gasteiger partial charge in [0.2, 0.25) is 0 Å². The van der Waals surface area contributed by atoms with E-state index in [1.807, 2.05) is 0 Å². The molecule has 0 aliphatic heterocycles. The minimum atomic E-state index is -0.338. The van der Waals surface area contributed by atoms with Crippen molar-refractivity contribution in [2.45, 2.75) is 20.8 Å². The molecule has 0 rings (SSSR count). The summed E-state index contributed by atoms with van der Waals surface area (Å²) in [6.45, 7) is 4.69. The molecule has 0 saturated heterocycles. The van der Waals surface area contributed by atoms with Gasteiger partial charge in [0.05, 0.1) is 0 Å². The summed E-state index contributed by atoms with van der Waals surface area (Å²) in [7, 11) is 0. The topological polar surface area (TPSA) is 17.1 Å². The molecule has 0 bridgehead atoms. The van der Waals surface area contributed by atoms with Gasteiger partial charge in [-0.1, -0.05) is 0 Å². The average molecular weight is 142 g/mol. The maximum atomic E-state index is 12.5. The lowest BCUT2D eigenvalue weighted by Gasteiger charge is -1.88. The molecule has 0 radical (unpaired) electrons. The highest BCUT2D eigenvalue weighted by Crippen LogP contribution is 2.05. The monoisotopic (exact) mass is 142 g/mol. The molecule has 0 aromatic carbocycles. The minimum absolute atomic E-state index is 0.142. The fourth-order valence-corrected chi connectivity index (χ4v) is 0.357. The molecule has 0 spiro atoms. The Kier molecular flexibility index (Phi) is 3.62. The van der Waals surface area contributed by atoms with E-state index in [1.54, 1.807) is 13.8 Å². The van der Waals surface area contributed by atoms with Gasteiger partial charge in [-0.25, -0.2) is 4.39 Å².